The van der Waals surface area contributed by atoms with Gasteiger partial charge in [0.2, 0.25) is 5.71 Å². The molecule has 0 radical (unpaired) electrons. The van der Waals surface area contributed by atoms with Gasteiger partial charge in [-0.1, -0.05) is 58.0 Å². The Morgan fingerprint density at radius 3 is 2.08 bits per heavy atom. The summed E-state index contributed by atoms with van der Waals surface area (Å²) < 4.78 is 19.7. The lowest BCUT2D eigenvalue weighted by Crippen LogP contribution is -2.37. The van der Waals surface area contributed by atoms with E-state index >= 15 is 0 Å². The summed E-state index contributed by atoms with van der Waals surface area (Å²) in [6.07, 6.45) is 1.98. The summed E-state index contributed by atoms with van der Waals surface area (Å²) in [7, 11) is 1.35. The topological polar surface area (TPSA) is 87.7 Å². The Morgan fingerprint density at radius 1 is 0.923 bits per heavy atom. The van der Waals surface area contributed by atoms with Crippen molar-refractivity contribution in [3.05, 3.63) is 82.1 Å². The van der Waals surface area contributed by atoms with Crippen LogP contribution in [0.4, 0.5) is 0 Å². The lowest BCUT2D eigenvalue weighted by atomic mass is 9.66. The molecule has 39 heavy (non-hydrogen) atoms. The molecule has 0 unspecified atom stereocenters. The Labute approximate surface area is 227 Å². The predicted molar refractivity (Wildman–Crippen MR) is 145 cm³/mol. The largest absolute Gasteiger partial charge is 0.465 e. The van der Waals surface area contributed by atoms with E-state index in [1.54, 1.807) is 10.6 Å². The van der Waals surface area contributed by atoms with Gasteiger partial charge in [-0.15, -0.1) is 0 Å². The number of methoxy groups -OCH3 is 1. The molecule has 0 bridgehead atoms. The second-order valence-electron chi connectivity index (χ2n) is 12.6. The van der Waals surface area contributed by atoms with Gasteiger partial charge in [0.25, 0.3) is 0 Å². The molecule has 0 atom stereocenters. The average molecular weight is 528 g/mol. The van der Waals surface area contributed by atoms with Crippen LogP contribution in [0.5, 0.6) is 0 Å². The zero-order valence-corrected chi connectivity index (χ0v) is 23.1. The second kappa shape index (κ2) is 8.83. The average Bonchev–Trinajstić information content (AvgIpc) is 3.40. The molecule has 1 aliphatic heterocycles. The first-order valence-electron chi connectivity index (χ1n) is 13.4. The van der Waals surface area contributed by atoms with Crippen LogP contribution in [-0.4, -0.2) is 29.2 Å². The van der Waals surface area contributed by atoms with E-state index in [2.05, 4.69) is 27.7 Å². The number of carbonyl (C=O) groups excluding carboxylic acids is 3. The van der Waals surface area contributed by atoms with Crippen LogP contribution in [0.25, 0.3) is 11.1 Å². The minimum Gasteiger partial charge on any atom is -0.465 e. The van der Waals surface area contributed by atoms with Gasteiger partial charge >= 0.3 is 5.97 Å². The summed E-state index contributed by atoms with van der Waals surface area (Å²) in [5, 5.41) is 0.712. The lowest BCUT2D eigenvalue weighted by molar-refractivity contribution is -0.120. The first-order chi connectivity index (χ1) is 18.5. The molecule has 0 fully saturated rings. The van der Waals surface area contributed by atoms with Crippen molar-refractivity contribution in [2.45, 2.75) is 65.8 Å². The number of aromatic nitrogens is 1. The maximum absolute atomic E-state index is 13.6. The van der Waals surface area contributed by atoms with Crippen LogP contribution in [0.15, 0.2) is 69.5 Å². The zero-order chi connectivity index (χ0) is 27.7. The molecule has 3 aromatic rings. The summed E-state index contributed by atoms with van der Waals surface area (Å²) in [5.41, 5.74) is 2.45. The number of fused-ring (bicyclic) bond motifs is 1. The standard InChI is InChI=1S/C32H33NO6/c1-31(2)13-21(34)26-24(15-31)38-25-16-32(3,4)14-22(35)27(25)28(26)23-12-19-11-20(30(36)37-5)33(29(19)39-23)17-18-9-7-6-8-10-18/h6-12,28H,13-17H2,1-5H3. The normalized spacial score (nSPS) is 20.6. The number of ether oxygens (including phenoxy) is 2. The second-order valence-corrected chi connectivity index (χ2v) is 12.6. The number of furan rings is 1. The molecule has 7 nitrogen and oxygen atoms in total. The van der Waals surface area contributed by atoms with Crippen LogP contribution in [0.1, 0.15) is 81.1 Å². The third-order valence-electron chi connectivity index (χ3n) is 8.03. The van der Waals surface area contributed by atoms with Gasteiger partial charge in [0.15, 0.2) is 11.6 Å². The number of carbonyl (C=O) groups is 3. The molecule has 3 heterocycles. The molecular formula is C32H33NO6. The fourth-order valence-electron chi connectivity index (χ4n) is 6.36. The van der Waals surface area contributed by atoms with Crippen molar-refractivity contribution in [3.63, 3.8) is 0 Å². The number of benzene rings is 1. The van der Waals surface area contributed by atoms with Gasteiger partial charge in [0.1, 0.15) is 23.0 Å². The third kappa shape index (κ3) is 4.34. The highest BCUT2D eigenvalue weighted by atomic mass is 16.5. The monoisotopic (exact) mass is 527 g/mol. The summed E-state index contributed by atoms with van der Waals surface area (Å²) in [4.78, 5) is 39.9. The Bertz CT molecular complexity index is 1540. The van der Waals surface area contributed by atoms with Crippen molar-refractivity contribution in [3.8, 4) is 0 Å². The highest BCUT2D eigenvalue weighted by molar-refractivity contribution is 6.06. The molecule has 0 saturated carbocycles. The van der Waals surface area contributed by atoms with E-state index in [1.807, 2.05) is 36.4 Å². The Kier molecular flexibility index (Phi) is 5.75. The third-order valence-corrected chi connectivity index (χ3v) is 8.03. The van der Waals surface area contributed by atoms with Gasteiger partial charge in [0, 0.05) is 42.2 Å². The van der Waals surface area contributed by atoms with Gasteiger partial charge in [-0.2, -0.15) is 0 Å². The van der Waals surface area contributed by atoms with Gasteiger partial charge in [-0.05, 0) is 28.5 Å². The van der Waals surface area contributed by atoms with Gasteiger partial charge < -0.3 is 18.5 Å². The van der Waals surface area contributed by atoms with Crippen molar-refractivity contribution < 1.29 is 28.3 Å². The van der Waals surface area contributed by atoms with Crippen LogP contribution >= 0.6 is 0 Å². The molecule has 202 valence electrons. The summed E-state index contributed by atoms with van der Waals surface area (Å²) in [6, 6.07) is 13.4. The van der Waals surface area contributed by atoms with Crippen LogP contribution in [-0.2, 0) is 25.6 Å². The highest BCUT2D eigenvalue weighted by Gasteiger charge is 2.49. The maximum atomic E-state index is 13.6. The zero-order valence-electron chi connectivity index (χ0n) is 23.1. The minimum atomic E-state index is -0.630. The number of ketones is 2. The summed E-state index contributed by atoms with van der Waals surface area (Å²) >= 11 is 0. The Morgan fingerprint density at radius 2 is 1.51 bits per heavy atom. The van der Waals surface area contributed by atoms with E-state index in [1.165, 1.54) is 7.11 Å². The number of hydrogen-bond acceptors (Lipinski definition) is 6. The van der Waals surface area contributed by atoms with E-state index in [4.69, 9.17) is 13.9 Å². The number of rotatable bonds is 4. The SMILES string of the molecule is COC(=O)c1cc2cc(C3C4=C(CC(C)(C)CC4=O)OC4=C3C(=O)CC(C)(C)C4)oc2n1Cc1ccccc1. The molecule has 0 amide bonds. The summed E-state index contributed by atoms with van der Waals surface area (Å²) in [5.74, 6) is 0.688. The van der Waals surface area contributed by atoms with Crippen LogP contribution in [0.3, 0.4) is 0 Å². The number of Topliss-reactive ketones (excluding diaryl/α,β-unsaturated/α-hetero) is 2. The van der Waals surface area contributed by atoms with Gasteiger partial charge in [-0.25, -0.2) is 4.79 Å². The lowest BCUT2D eigenvalue weighted by Gasteiger charge is -2.42. The van der Waals surface area contributed by atoms with Crippen LogP contribution in [0.2, 0.25) is 0 Å². The predicted octanol–water partition coefficient (Wildman–Crippen LogP) is 6.47. The molecule has 6 rings (SSSR count). The Hall–Kier alpha value is -3.87. The number of hydrogen-bond donors (Lipinski definition) is 0. The molecule has 0 spiro atoms. The van der Waals surface area contributed by atoms with Crippen molar-refractivity contribution in [1.29, 1.82) is 0 Å². The van der Waals surface area contributed by atoms with E-state index in [-0.39, 0.29) is 22.4 Å². The molecule has 0 N–H and O–H groups in total. The molecular weight excluding hydrogens is 494 g/mol. The van der Waals surface area contributed by atoms with Crippen molar-refractivity contribution in [1.82, 2.24) is 4.57 Å². The molecule has 2 aliphatic carbocycles. The number of allylic oxidation sites excluding steroid dienone is 4. The Balaban J connectivity index is 1.53. The smallest absolute Gasteiger partial charge is 0.354 e. The minimum absolute atomic E-state index is 0.0149. The molecule has 7 heteroatoms. The molecule has 0 saturated heterocycles. The quantitative estimate of drug-likeness (QED) is 0.362. The molecule has 1 aromatic carbocycles. The van der Waals surface area contributed by atoms with Crippen molar-refractivity contribution >= 4 is 28.6 Å². The van der Waals surface area contributed by atoms with Crippen LogP contribution in [0, 0.1) is 10.8 Å². The number of esters is 1. The van der Waals surface area contributed by atoms with Gasteiger partial charge in [0.05, 0.1) is 19.6 Å². The maximum Gasteiger partial charge on any atom is 0.354 e. The highest BCUT2D eigenvalue weighted by Crippen LogP contribution is 2.53. The van der Waals surface area contributed by atoms with E-state index in [0.29, 0.717) is 77.4 Å². The number of nitrogens with zero attached hydrogens (tertiary/aromatic N) is 1. The van der Waals surface area contributed by atoms with E-state index < -0.39 is 11.9 Å². The van der Waals surface area contributed by atoms with Crippen LogP contribution < -0.4 is 0 Å². The van der Waals surface area contributed by atoms with E-state index in [9.17, 15) is 14.4 Å². The first kappa shape index (κ1) is 25.4. The molecule has 2 aromatic heterocycles. The van der Waals surface area contributed by atoms with Gasteiger partial charge in [-0.3, -0.25) is 9.59 Å². The molecule has 3 aliphatic rings. The van der Waals surface area contributed by atoms with Crippen molar-refractivity contribution in [2.24, 2.45) is 10.8 Å². The van der Waals surface area contributed by atoms with E-state index in [0.717, 1.165) is 5.56 Å². The summed E-state index contributed by atoms with van der Waals surface area (Å²) in [6.45, 7) is 8.66. The fourth-order valence-corrected chi connectivity index (χ4v) is 6.36. The van der Waals surface area contributed by atoms with Crippen molar-refractivity contribution in [2.75, 3.05) is 7.11 Å². The fraction of sp³-hybridized carbons (Fsp3) is 0.406. The first-order valence-corrected chi connectivity index (χ1v) is 13.4.